The van der Waals surface area contributed by atoms with Gasteiger partial charge in [0.25, 0.3) is 0 Å². The molecule has 0 radical (unpaired) electrons. The third kappa shape index (κ3) is 5.68. The van der Waals surface area contributed by atoms with Crippen molar-refractivity contribution < 1.29 is 0 Å². The second-order valence-corrected chi connectivity index (χ2v) is 5.15. The van der Waals surface area contributed by atoms with Gasteiger partial charge in [-0.1, -0.05) is 57.9 Å². The molecule has 1 aromatic rings. The van der Waals surface area contributed by atoms with Gasteiger partial charge < -0.3 is 5.32 Å². The van der Waals surface area contributed by atoms with Crippen LogP contribution in [0.1, 0.15) is 57.6 Å². The van der Waals surface area contributed by atoms with Gasteiger partial charge in [0.1, 0.15) is 0 Å². The van der Waals surface area contributed by atoms with Crippen molar-refractivity contribution in [2.45, 2.75) is 65.3 Å². The molecule has 1 heteroatoms. The smallest absolute Gasteiger partial charge is 0.00700 e. The Balaban J connectivity index is 2.47. The number of benzene rings is 1. The summed E-state index contributed by atoms with van der Waals surface area (Å²) in [6.45, 7) is 7.80. The van der Waals surface area contributed by atoms with Crippen molar-refractivity contribution in [2.24, 2.45) is 0 Å². The van der Waals surface area contributed by atoms with Crippen molar-refractivity contribution in [1.82, 2.24) is 5.32 Å². The number of hydrogen-bond donors (Lipinski definition) is 1. The molecule has 1 N–H and O–H groups in total. The van der Waals surface area contributed by atoms with Crippen molar-refractivity contribution >= 4 is 0 Å². The topological polar surface area (TPSA) is 12.0 Å². The van der Waals surface area contributed by atoms with Crippen LogP contribution in [0.4, 0.5) is 0 Å². The lowest BCUT2D eigenvalue weighted by Gasteiger charge is -2.17. The Morgan fingerprint density at radius 1 is 0.944 bits per heavy atom. The monoisotopic (exact) mass is 247 g/mol. The molecular weight excluding hydrogens is 218 g/mol. The maximum absolute atomic E-state index is 3.59. The van der Waals surface area contributed by atoms with E-state index in [4.69, 9.17) is 0 Å². The van der Waals surface area contributed by atoms with Crippen molar-refractivity contribution in [2.75, 3.05) is 6.54 Å². The Bertz CT molecular complexity index is 313. The highest BCUT2D eigenvalue weighted by atomic mass is 14.9. The number of rotatable bonds is 9. The summed E-state index contributed by atoms with van der Waals surface area (Å²) >= 11 is 0. The van der Waals surface area contributed by atoms with E-state index in [1.165, 1.54) is 49.7 Å². The Morgan fingerprint density at radius 2 is 1.67 bits per heavy atom. The van der Waals surface area contributed by atoms with Gasteiger partial charge in [-0.05, 0) is 43.4 Å². The fraction of sp³-hybridized carbons (Fsp3) is 0.647. The SMILES string of the molecule is CCCc1cccc(CCC(CCC)NCC)c1. The predicted octanol–water partition coefficient (Wildman–Crippen LogP) is 4.35. The van der Waals surface area contributed by atoms with Crippen LogP contribution in [0.3, 0.4) is 0 Å². The van der Waals surface area contributed by atoms with E-state index >= 15 is 0 Å². The van der Waals surface area contributed by atoms with Gasteiger partial charge >= 0.3 is 0 Å². The van der Waals surface area contributed by atoms with Crippen molar-refractivity contribution in [1.29, 1.82) is 0 Å². The Morgan fingerprint density at radius 3 is 2.28 bits per heavy atom. The zero-order valence-corrected chi connectivity index (χ0v) is 12.3. The fourth-order valence-corrected chi connectivity index (χ4v) is 2.56. The summed E-state index contributed by atoms with van der Waals surface area (Å²) in [4.78, 5) is 0. The lowest BCUT2D eigenvalue weighted by Crippen LogP contribution is -2.29. The van der Waals surface area contributed by atoms with Crippen LogP contribution in [-0.4, -0.2) is 12.6 Å². The van der Waals surface area contributed by atoms with Crippen molar-refractivity contribution in [3.63, 3.8) is 0 Å². The highest BCUT2D eigenvalue weighted by Gasteiger charge is 2.06. The molecule has 102 valence electrons. The molecule has 0 bridgehead atoms. The number of hydrogen-bond acceptors (Lipinski definition) is 1. The van der Waals surface area contributed by atoms with E-state index in [1.54, 1.807) is 0 Å². The first-order valence-corrected chi connectivity index (χ1v) is 7.61. The van der Waals surface area contributed by atoms with Crippen LogP contribution in [0.2, 0.25) is 0 Å². The minimum atomic E-state index is 0.690. The molecule has 1 rings (SSSR count). The van der Waals surface area contributed by atoms with Crippen molar-refractivity contribution in [3.8, 4) is 0 Å². The van der Waals surface area contributed by atoms with Crippen LogP contribution in [-0.2, 0) is 12.8 Å². The summed E-state index contributed by atoms with van der Waals surface area (Å²) in [6, 6.07) is 9.81. The van der Waals surface area contributed by atoms with Gasteiger partial charge in [0.15, 0.2) is 0 Å². The van der Waals surface area contributed by atoms with Crippen molar-refractivity contribution in [3.05, 3.63) is 35.4 Å². The molecule has 1 aromatic carbocycles. The van der Waals surface area contributed by atoms with Gasteiger partial charge in [-0.15, -0.1) is 0 Å². The normalized spacial score (nSPS) is 12.6. The van der Waals surface area contributed by atoms with Gasteiger partial charge in [-0.2, -0.15) is 0 Å². The van der Waals surface area contributed by atoms with Gasteiger partial charge in [0.2, 0.25) is 0 Å². The largest absolute Gasteiger partial charge is 0.314 e. The average molecular weight is 247 g/mol. The molecule has 0 spiro atoms. The lowest BCUT2D eigenvalue weighted by molar-refractivity contribution is 0.459. The first kappa shape index (κ1) is 15.2. The molecule has 0 aliphatic rings. The maximum Gasteiger partial charge on any atom is 0.00700 e. The molecule has 0 aliphatic carbocycles. The van der Waals surface area contributed by atoms with Crippen LogP contribution >= 0.6 is 0 Å². The standard InChI is InChI=1S/C17H29N/c1-4-8-15-10-7-11-16(14-15)12-13-17(9-5-2)18-6-3/h7,10-11,14,17-18H,4-6,8-9,12-13H2,1-3H3. The highest BCUT2D eigenvalue weighted by Crippen LogP contribution is 2.12. The van der Waals surface area contributed by atoms with E-state index in [1.807, 2.05) is 0 Å². The van der Waals surface area contributed by atoms with E-state index in [9.17, 15) is 0 Å². The second-order valence-electron chi connectivity index (χ2n) is 5.15. The molecule has 0 aromatic heterocycles. The summed E-state index contributed by atoms with van der Waals surface area (Å²) in [7, 11) is 0. The minimum Gasteiger partial charge on any atom is -0.314 e. The summed E-state index contributed by atoms with van der Waals surface area (Å²) < 4.78 is 0. The zero-order valence-electron chi connectivity index (χ0n) is 12.3. The third-order valence-corrected chi connectivity index (χ3v) is 3.44. The molecule has 0 fully saturated rings. The highest BCUT2D eigenvalue weighted by molar-refractivity contribution is 5.23. The molecule has 1 atom stereocenters. The zero-order chi connectivity index (χ0) is 13.2. The molecule has 0 amide bonds. The first-order valence-electron chi connectivity index (χ1n) is 7.61. The lowest BCUT2D eigenvalue weighted by atomic mass is 9.99. The maximum atomic E-state index is 3.59. The minimum absolute atomic E-state index is 0.690. The van der Waals surface area contributed by atoms with Gasteiger partial charge in [0, 0.05) is 6.04 Å². The molecule has 1 unspecified atom stereocenters. The van der Waals surface area contributed by atoms with Gasteiger partial charge in [0.05, 0.1) is 0 Å². The van der Waals surface area contributed by atoms with Crippen LogP contribution in [0.5, 0.6) is 0 Å². The summed E-state index contributed by atoms with van der Waals surface area (Å²) in [5.41, 5.74) is 2.99. The van der Waals surface area contributed by atoms with Crippen LogP contribution in [0, 0.1) is 0 Å². The van der Waals surface area contributed by atoms with E-state index in [0.717, 1.165) is 6.54 Å². The van der Waals surface area contributed by atoms with Crippen LogP contribution in [0.15, 0.2) is 24.3 Å². The Labute approximate surface area is 113 Å². The van der Waals surface area contributed by atoms with E-state index in [2.05, 4.69) is 50.4 Å². The second kappa shape index (κ2) is 9.16. The van der Waals surface area contributed by atoms with Crippen LogP contribution < -0.4 is 5.32 Å². The molecule has 0 aliphatic heterocycles. The van der Waals surface area contributed by atoms with E-state index in [0.29, 0.717) is 6.04 Å². The molecule has 0 saturated carbocycles. The van der Waals surface area contributed by atoms with E-state index < -0.39 is 0 Å². The summed E-state index contributed by atoms with van der Waals surface area (Å²) in [6.07, 6.45) is 7.47. The Hall–Kier alpha value is -0.820. The van der Waals surface area contributed by atoms with Gasteiger partial charge in [-0.25, -0.2) is 0 Å². The molecule has 18 heavy (non-hydrogen) atoms. The molecule has 0 saturated heterocycles. The third-order valence-electron chi connectivity index (χ3n) is 3.44. The van der Waals surface area contributed by atoms with Crippen LogP contribution in [0.25, 0.3) is 0 Å². The fourth-order valence-electron chi connectivity index (χ4n) is 2.56. The summed E-state index contributed by atoms with van der Waals surface area (Å²) in [5.74, 6) is 0. The predicted molar refractivity (Wildman–Crippen MR) is 81.1 cm³/mol. The number of aryl methyl sites for hydroxylation is 2. The van der Waals surface area contributed by atoms with E-state index in [-0.39, 0.29) is 0 Å². The first-order chi connectivity index (χ1) is 8.80. The number of nitrogens with one attached hydrogen (secondary N) is 1. The molecular formula is C17H29N. The summed E-state index contributed by atoms with van der Waals surface area (Å²) in [5, 5.41) is 3.59. The average Bonchev–Trinajstić information content (AvgIpc) is 2.37. The molecule has 1 nitrogen and oxygen atoms in total. The Kier molecular flexibility index (Phi) is 7.75. The molecule has 0 heterocycles. The quantitative estimate of drug-likeness (QED) is 0.684. The van der Waals surface area contributed by atoms with Gasteiger partial charge in [-0.3, -0.25) is 0 Å².